The fourth-order valence-electron chi connectivity index (χ4n) is 2.52. The van der Waals surface area contributed by atoms with Crippen molar-refractivity contribution in [2.45, 2.75) is 0 Å². The highest BCUT2D eigenvalue weighted by Gasteiger charge is 2.17. The smallest absolute Gasteiger partial charge is 0.261 e. The highest BCUT2D eigenvalue weighted by Crippen LogP contribution is 2.28. The molecule has 0 unspecified atom stereocenters. The summed E-state index contributed by atoms with van der Waals surface area (Å²) in [6.45, 7) is 0. The Hall–Kier alpha value is -3.55. The lowest BCUT2D eigenvalue weighted by Crippen LogP contribution is -2.22. The number of phenols is 1. The number of halogens is 1. The van der Waals surface area contributed by atoms with Crippen molar-refractivity contribution in [3.8, 4) is 17.2 Å². The molecule has 1 heterocycles. The number of aromatic hydroxyl groups is 1. The van der Waals surface area contributed by atoms with E-state index < -0.39 is 22.9 Å². The number of H-pyrrole nitrogens is 1. The number of benzene rings is 2. The summed E-state index contributed by atoms with van der Waals surface area (Å²) in [6, 6.07) is 6.51. The third kappa shape index (κ3) is 3.04. The number of anilines is 1. The molecule has 1 aromatic heterocycles. The minimum atomic E-state index is -0.885. The van der Waals surface area contributed by atoms with E-state index in [-0.39, 0.29) is 22.4 Å². The van der Waals surface area contributed by atoms with Crippen LogP contribution < -0.4 is 20.2 Å². The van der Waals surface area contributed by atoms with E-state index in [9.17, 15) is 19.1 Å². The van der Waals surface area contributed by atoms with Gasteiger partial charge in [0.1, 0.15) is 17.1 Å². The quantitative estimate of drug-likeness (QED) is 0.623. The number of carbonyl (C=O) groups excluding carboxylic acids is 1. The summed E-state index contributed by atoms with van der Waals surface area (Å²) >= 11 is 0. The van der Waals surface area contributed by atoms with Gasteiger partial charge >= 0.3 is 0 Å². The summed E-state index contributed by atoms with van der Waals surface area (Å²) in [4.78, 5) is 28.0. The van der Waals surface area contributed by atoms with E-state index in [1.165, 1.54) is 32.5 Å². The molecule has 0 aliphatic carbocycles. The van der Waals surface area contributed by atoms with Gasteiger partial charge in [0.05, 0.1) is 25.1 Å². The minimum Gasteiger partial charge on any atom is -0.505 e. The number of carbonyl (C=O) groups is 1. The van der Waals surface area contributed by atoms with Gasteiger partial charge in [-0.1, -0.05) is 0 Å². The van der Waals surface area contributed by atoms with Gasteiger partial charge in [0.15, 0.2) is 11.6 Å². The second-order valence-corrected chi connectivity index (χ2v) is 5.40. The van der Waals surface area contributed by atoms with Gasteiger partial charge in [-0.25, -0.2) is 4.39 Å². The number of fused-ring (bicyclic) bond motifs is 1. The standard InChI is InChI=1S/C18H15FN2O5/c1-25-10-6-13-16(15(7-10)26-2)17(23)11(8-20-13)18(24)21-9-3-4-14(22)12(19)5-9/h3-8,22H,1-2H3,(H,20,23)(H,21,24). The first-order valence-corrected chi connectivity index (χ1v) is 7.52. The molecule has 0 fully saturated rings. The number of methoxy groups -OCH3 is 2. The number of rotatable bonds is 4. The van der Waals surface area contributed by atoms with Crippen LogP contribution in [0.2, 0.25) is 0 Å². The molecular weight excluding hydrogens is 343 g/mol. The SMILES string of the molecule is COc1cc(OC)c2c(=O)c(C(=O)Nc3ccc(O)c(F)c3)c[nH]c2c1. The van der Waals surface area contributed by atoms with E-state index in [2.05, 4.69) is 10.3 Å². The van der Waals surface area contributed by atoms with Crippen LogP contribution in [-0.4, -0.2) is 30.2 Å². The first-order chi connectivity index (χ1) is 12.4. The Labute approximate surface area is 147 Å². The number of aromatic nitrogens is 1. The average molecular weight is 358 g/mol. The van der Waals surface area contributed by atoms with Gasteiger partial charge in [-0.05, 0) is 12.1 Å². The maximum Gasteiger partial charge on any atom is 0.261 e. The first-order valence-electron chi connectivity index (χ1n) is 7.52. The third-order valence-corrected chi connectivity index (χ3v) is 3.83. The molecule has 8 heteroatoms. The van der Waals surface area contributed by atoms with E-state index in [1.54, 1.807) is 6.07 Å². The number of hydrogen-bond acceptors (Lipinski definition) is 5. The molecule has 0 bridgehead atoms. The number of pyridine rings is 1. The number of aromatic amines is 1. The number of nitrogens with one attached hydrogen (secondary N) is 2. The van der Waals surface area contributed by atoms with Crippen LogP contribution in [0.25, 0.3) is 10.9 Å². The van der Waals surface area contributed by atoms with Crippen molar-refractivity contribution in [1.29, 1.82) is 0 Å². The van der Waals surface area contributed by atoms with Gasteiger partial charge in [-0.2, -0.15) is 0 Å². The number of amides is 1. The van der Waals surface area contributed by atoms with E-state index in [0.717, 1.165) is 12.1 Å². The van der Waals surface area contributed by atoms with Crippen LogP contribution in [-0.2, 0) is 0 Å². The van der Waals surface area contributed by atoms with Crippen LogP contribution in [0, 0.1) is 5.82 Å². The highest BCUT2D eigenvalue weighted by atomic mass is 19.1. The summed E-state index contributed by atoms with van der Waals surface area (Å²) in [5.41, 5.74) is -0.172. The van der Waals surface area contributed by atoms with Crippen molar-refractivity contribution in [1.82, 2.24) is 4.98 Å². The van der Waals surface area contributed by atoms with Crippen LogP contribution in [0.15, 0.2) is 41.3 Å². The fourth-order valence-corrected chi connectivity index (χ4v) is 2.52. The monoisotopic (exact) mass is 358 g/mol. The number of ether oxygens (including phenoxy) is 2. The predicted octanol–water partition coefficient (Wildman–Crippen LogP) is 2.64. The normalized spacial score (nSPS) is 10.6. The zero-order valence-corrected chi connectivity index (χ0v) is 13.9. The summed E-state index contributed by atoms with van der Waals surface area (Å²) < 4.78 is 23.8. The van der Waals surface area contributed by atoms with Crippen molar-refractivity contribution >= 4 is 22.5 Å². The molecule has 0 aliphatic rings. The molecule has 1 amide bonds. The van der Waals surface area contributed by atoms with Crippen molar-refractivity contribution in [2.24, 2.45) is 0 Å². The first kappa shape index (κ1) is 17.3. The van der Waals surface area contributed by atoms with Gasteiger partial charge in [-0.15, -0.1) is 0 Å². The summed E-state index contributed by atoms with van der Waals surface area (Å²) in [6.07, 6.45) is 1.26. The molecule has 2 aromatic carbocycles. The van der Waals surface area contributed by atoms with Crippen molar-refractivity contribution in [2.75, 3.05) is 19.5 Å². The Morgan fingerprint density at radius 3 is 2.62 bits per heavy atom. The van der Waals surface area contributed by atoms with E-state index >= 15 is 0 Å². The predicted molar refractivity (Wildman–Crippen MR) is 93.7 cm³/mol. The molecule has 0 aliphatic heterocycles. The van der Waals surface area contributed by atoms with E-state index in [4.69, 9.17) is 9.47 Å². The average Bonchev–Trinajstić information content (AvgIpc) is 2.63. The zero-order chi connectivity index (χ0) is 18.8. The lowest BCUT2D eigenvalue weighted by atomic mass is 10.1. The second-order valence-electron chi connectivity index (χ2n) is 5.40. The fraction of sp³-hybridized carbons (Fsp3) is 0.111. The molecule has 26 heavy (non-hydrogen) atoms. The summed E-state index contributed by atoms with van der Waals surface area (Å²) in [5, 5.41) is 11.8. The Bertz CT molecular complexity index is 1060. The molecule has 0 atom stereocenters. The topological polar surface area (TPSA) is 101 Å². The Morgan fingerprint density at radius 2 is 1.96 bits per heavy atom. The van der Waals surface area contributed by atoms with Gasteiger partial charge < -0.3 is 24.9 Å². The Morgan fingerprint density at radius 1 is 1.19 bits per heavy atom. The molecule has 0 radical (unpaired) electrons. The molecule has 0 saturated carbocycles. The highest BCUT2D eigenvalue weighted by molar-refractivity contribution is 6.06. The van der Waals surface area contributed by atoms with Crippen LogP contribution >= 0.6 is 0 Å². The Balaban J connectivity index is 2.04. The zero-order valence-electron chi connectivity index (χ0n) is 13.9. The van der Waals surface area contributed by atoms with E-state index in [0.29, 0.717) is 11.3 Å². The molecule has 3 aromatic rings. The van der Waals surface area contributed by atoms with Gasteiger partial charge in [0, 0.05) is 30.1 Å². The molecular formula is C18H15FN2O5. The number of hydrogen-bond donors (Lipinski definition) is 3. The maximum atomic E-state index is 13.4. The van der Waals surface area contributed by atoms with E-state index in [1.807, 2.05) is 0 Å². The lowest BCUT2D eigenvalue weighted by Gasteiger charge is -2.10. The minimum absolute atomic E-state index is 0.103. The van der Waals surface area contributed by atoms with Gasteiger partial charge in [0.2, 0.25) is 5.43 Å². The van der Waals surface area contributed by atoms with Crippen LogP contribution in [0.1, 0.15) is 10.4 Å². The molecule has 3 N–H and O–H groups in total. The molecule has 0 spiro atoms. The number of phenolic OH excluding ortho intramolecular Hbond substituents is 1. The van der Waals surface area contributed by atoms with Gasteiger partial charge in [-0.3, -0.25) is 9.59 Å². The largest absolute Gasteiger partial charge is 0.505 e. The van der Waals surface area contributed by atoms with Crippen molar-refractivity contribution in [3.05, 3.63) is 58.1 Å². The van der Waals surface area contributed by atoms with Crippen LogP contribution in [0.4, 0.5) is 10.1 Å². The van der Waals surface area contributed by atoms with Crippen LogP contribution in [0.5, 0.6) is 17.2 Å². The molecule has 0 saturated heterocycles. The second kappa shape index (κ2) is 6.75. The third-order valence-electron chi connectivity index (χ3n) is 3.83. The Kier molecular flexibility index (Phi) is 4.49. The maximum absolute atomic E-state index is 13.4. The van der Waals surface area contributed by atoms with Crippen molar-refractivity contribution in [3.63, 3.8) is 0 Å². The van der Waals surface area contributed by atoms with Crippen LogP contribution in [0.3, 0.4) is 0 Å². The summed E-state index contributed by atoms with van der Waals surface area (Å²) in [7, 11) is 2.89. The lowest BCUT2D eigenvalue weighted by molar-refractivity contribution is 0.102. The summed E-state index contributed by atoms with van der Waals surface area (Å²) in [5.74, 6) is -1.40. The van der Waals surface area contributed by atoms with Gasteiger partial charge in [0.25, 0.3) is 5.91 Å². The van der Waals surface area contributed by atoms with Crippen molar-refractivity contribution < 1.29 is 23.8 Å². The molecule has 134 valence electrons. The molecule has 7 nitrogen and oxygen atoms in total. The molecule has 3 rings (SSSR count).